The summed E-state index contributed by atoms with van der Waals surface area (Å²) >= 11 is 3.50. The van der Waals surface area contributed by atoms with Crippen molar-refractivity contribution in [3.05, 3.63) is 22.3 Å². The lowest BCUT2D eigenvalue weighted by atomic mass is 9.89. The number of pyridine rings is 1. The van der Waals surface area contributed by atoms with Crippen molar-refractivity contribution < 1.29 is 13.2 Å². The molecule has 1 aromatic heterocycles. The van der Waals surface area contributed by atoms with Gasteiger partial charge in [-0.15, -0.1) is 0 Å². The summed E-state index contributed by atoms with van der Waals surface area (Å²) in [5, 5.41) is 3.27. The molecule has 0 bridgehead atoms. The molecule has 3 rings (SSSR count). The van der Waals surface area contributed by atoms with E-state index >= 15 is 0 Å². The summed E-state index contributed by atoms with van der Waals surface area (Å²) in [6, 6.07) is 4.12. The highest BCUT2D eigenvalue weighted by Gasteiger charge is 2.44. The van der Waals surface area contributed by atoms with Crippen molar-refractivity contribution in [2.75, 3.05) is 44.0 Å². The standard InChI is InChI=1S/C17H26BrN3O3S/c1-3-14-12-24-9-8-21(14)16-11-13(10-15(18)20-16)17(25(2,22)23)4-6-19-7-5-17/h10-11,14,19H,3-9,12H2,1-2H3. The fourth-order valence-electron chi connectivity index (χ4n) is 3.89. The molecule has 8 heteroatoms. The SMILES string of the molecule is CCC1COCCN1c1cc(C2(S(C)(=O)=O)CCNCC2)cc(Br)n1. The van der Waals surface area contributed by atoms with Crippen LogP contribution in [0.4, 0.5) is 5.82 Å². The molecule has 0 radical (unpaired) electrons. The van der Waals surface area contributed by atoms with Crippen LogP contribution >= 0.6 is 15.9 Å². The number of sulfone groups is 1. The molecule has 1 atom stereocenters. The normalized spacial score (nSPS) is 24.3. The molecule has 1 unspecified atom stereocenters. The van der Waals surface area contributed by atoms with E-state index in [-0.39, 0.29) is 6.04 Å². The molecular weight excluding hydrogens is 406 g/mol. The van der Waals surface area contributed by atoms with Crippen molar-refractivity contribution >= 4 is 31.6 Å². The minimum absolute atomic E-state index is 0.269. The van der Waals surface area contributed by atoms with Crippen molar-refractivity contribution in [3.63, 3.8) is 0 Å². The van der Waals surface area contributed by atoms with Crippen LogP contribution in [-0.4, -0.2) is 58.5 Å². The fourth-order valence-corrected chi connectivity index (χ4v) is 5.81. The highest BCUT2D eigenvalue weighted by atomic mass is 79.9. The second-order valence-corrected chi connectivity index (χ2v) is 10.0. The first-order valence-corrected chi connectivity index (χ1v) is 11.5. The van der Waals surface area contributed by atoms with E-state index in [1.54, 1.807) is 0 Å². The van der Waals surface area contributed by atoms with Crippen LogP contribution in [0.1, 0.15) is 31.7 Å². The Morgan fingerprint density at radius 1 is 1.40 bits per heavy atom. The van der Waals surface area contributed by atoms with E-state index in [9.17, 15) is 8.42 Å². The lowest BCUT2D eigenvalue weighted by molar-refractivity contribution is 0.0925. The quantitative estimate of drug-likeness (QED) is 0.735. The van der Waals surface area contributed by atoms with Gasteiger partial charge in [-0.2, -0.15) is 0 Å². The summed E-state index contributed by atoms with van der Waals surface area (Å²) < 4.78 is 30.9. The molecule has 0 spiro atoms. The summed E-state index contributed by atoms with van der Waals surface area (Å²) in [6.45, 7) is 5.67. The van der Waals surface area contributed by atoms with E-state index < -0.39 is 14.6 Å². The van der Waals surface area contributed by atoms with E-state index in [4.69, 9.17) is 4.74 Å². The lowest BCUT2D eigenvalue weighted by Gasteiger charge is -2.39. The summed E-state index contributed by atoms with van der Waals surface area (Å²) in [5.74, 6) is 0.834. The van der Waals surface area contributed by atoms with Crippen LogP contribution in [-0.2, 0) is 19.3 Å². The third-order valence-corrected chi connectivity index (χ3v) is 7.89. The Labute approximate surface area is 158 Å². The van der Waals surface area contributed by atoms with Crippen LogP contribution in [0.5, 0.6) is 0 Å². The molecule has 0 amide bonds. The van der Waals surface area contributed by atoms with Crippen molar-refractivity contribution in [2.45, 2.75) is 37.0 Å². The highest BCUT2D eigenvalue weighted by Crippen LogP contribution is 2.40. The van der Waals surface area contributed by atoms with Gasteiger partial charge >= 0.3 is 0 Å². The first kappa shape index (κ1) is 19.1. The smallest absolute Gasteiger partial charge is 0.157 e. The lowest BCUT2D eigenvalue weighted by Crippen LogP contribution is -2.47. The molecule has 140 valence electrons. The maximum Gasteiger partial charge on any atom is 0.157 e. The van der Waals surface area contributed by atoms with Gasteiger partial charge in [-0.3, -0.25) is 0 Å². The second kappa shape index (κ2) is 7.50. The van der Waals surface area contributed by atoms with E-state index in [1.165, 1.54) is 6.26 Å². The largest absolute Gasteiger partial charge is 0.377 e. The number of ether oxygens (including phenoxy) is 1. The van der Waals surface area contributed by atoms with Crippen molar-refractivity contribution in [2.24, 2.45) is 0 Å². The molecule has 1 aromatic rings. The molecule has 0 aromatic carbocycles. The van der Waals surface area contributed by atoms with Gasteiger partial charge in [0.15, 0.2) is 9.84 Å². The zero-order valence-electron chi connectivity index (χ0n) is 14.8. The molecule has 25 heavy (non-hydrogen) atoms. The zero-order chi connectivity index (χ0) is 18.1. The summed E-state index contributed by atoms with van der Waals surface area (Å²) in [5.41, 5.74) is 0.842. The third-order valence-electron chi connectivity index (χ3n) is 5.42. The Bertz CT molecular complexity index is 720. The number of aromatic nitrogens is 1. The molecule has 2 aliphatic rings. The van der Waals surface area contributed by atoms with Gasteiger partial charge in [-0.25, -0.2) is 13.4 Å². The summed E-state index contributed by atoms with van der Waals surface area (Å²) in [7, 11) is -3.26. The van der Waals surface area contributed by atoms with Crippen LogP contribution < -0.4 is 10.2 Å². The molecule has 3 heterocycles. The van der Waals surface area contributed by atoms with Crippen LogP contribution in [0.3, 0.4) is 0 Å². The first-order valence-electron chi connectivity index (χ1n) is 8.80. The number of rotatable bonds is 4. The molecule has 2 aliphatic heterocycles. The number of piperidine rings is 1. The van der Waals surface area contributed by atoms with E-state index in [1.807, 2.05) is 12.1 Å². The molecule has 1 N–H and O–H groups in total. The zero-order valence-corrected chi connectivity index (χ0v) is 17.2. The average molecular weight is 432 g/mol. The Kier molecular flexibility index (Phi) is 5.72. The van der Waals surface area contributed by atoms with Crippen molar-refractivity contribution in [1.82, 2.24) is 10.3 Å². The number of nitrogens with zero attached hydrogens (tertiary/aromatic N) is 2. The Morgan fingerprint density at radius 2 is 2.12 bits per heavy atom. The van der Waals surface area contributed by atoms with Gasteiger partial charge < -0.3 is 15.0 Å². The number of morpholine rings is 1. The molecule has 2 saturated heterocycles. The van der Waals surface area contributed by atoms with Gasteiger partial charge in [-0.05, 0) is 66.0 Å². The number of anilines is 1. The predicted octanol–water partition coefficient (Wildman–Crippen LogP) is 2.08. The number of hydrogen-bond donors (Lipinski definition) is 1. The van der Waals surface area contributed by atoms with Gasteiger partial charge in [0.2, 0.25) is 0 Å². The van der Waals surface area contributed by atoms with E-state index in [0.717, 1.165) is 24.3 Å². The second-order valence-electron chi connectivity index (χ2n) is 6.88. The fraction of sp³-hybridized carbons (Fsp3) is 0.706. The topological polar surface area (TPSA) is 71.5 Å². The molecule has 2 fully saturated rings. The molecule has 6 nitrogen and oxygen atoms in total. The minimum Gasteiger partial charge on any atom is -0.377 e. The van der Waals surface area contributed by atoms with E-state index in [2.05, 4.69) is 38.1 Å². The van der Waals surface area contributed by atoms with Crippen LogP contribution in [0, 0.1) is 0 Å². The maximum absolute atomic E-state index is 12.7. The van der Waals surface area contributed by atoms with Gasteiger partial charge in [0.25, 0.3) is 0 Å². The van der Waals surface area contributed by atoms with Crippen LogP contribution in [0.2, 0.25) is 0 Å². The van der Waals surface area contributed by atoms with Crippen molar-refractivity contribution in [1.29, 1.82) is 0 Å². The van der Waals surface area contributed by atoms with Gasteiger partial charge in [0.05, 0.1) is 24.0 Å². The number of hydrogen-bond acceptors (Lipinski definition) is 6. The highest BCUT2D eigenvalue weighted by molar-refractivity contribution is 9.10. The van der Waals surface area contributed by atoms with Crippen LogP contribution in [0.15, 0.2) is 16.7 Å². The molecule has 0 saturated carbocycles. The average Bonchev–Trinajstić information content (AvgIpc) is 2.61. The van der Waals surface area contributed by atoms with Crippen molar-refractivity contribution in [3.8, 4) is 0 Å². The first-order chi connectivity index (χ1) is 11.9. The number of halogens is 1. The van der Waals surface area contributed by atoms with Gasteiger partial charge in [0.1, 0.15) is 10.4 Å². The molecule has 0 aliphatic carbocycles. The maximum atomic E-state index is 12.7. The predicted molar refractivity (Wildman–Crippen MR) is 103 cm³/mol. The van der Waals surface area contributed by atoms with Crippen LogP contribution in [0.25, 0.3) is 0 Å². The summed E-state index contributed by atoms with van der Waals surface area (Å²) in [4.78, 5) is 6.89. The summed E-state index contributed by atoms with van der Waals surface area (Å²) in [6.07, 6.45) is 3.49. The van der Waals surface area contributed by atoms with Gasteiger partial charge in [-0.1, -0.05) is 6.92 Å². The number of nitrogens with one attached hydrogen (secondary N) is 1. The Balaban J connectivity index is 2.06. The van der Waals surface area contributed by atoms with Gasteiger partial charge in [0, 0.05) is 12.8 Å². The monoisotopic (exact) mass is 431 g/mol. The Hall–Kier alpha value is -0.700. The Morgan fingerprint density at radius 3 is 2.76 bits per heavy atom. The third kappa shape index (κ3) is 3.72. The molecular formula is C17H26BrN3O3S. The van der Waals surface area contributed by atoms with E-state index in [0.29, 0.717) is 43.7 Å². The minimum atomic E-state index is -3.26.